The Hall–Kier alpha value is -0.0400. The summed E-state index contributed by atoms with van der Waals surface area (Å²) in [5, 5.41) is 0. The SMILES string of the molecule is CC.CCC.CCCOC(C)C. The zero-order valence-electron chi connectivity index (χ0n) is 10.1. The van der Waals surface area contributed by atoms with Gasteiger partial charge in [-0.05, 0) is 20.3 Å². The average Bonchev–Trinajstić information content (AvgIpc) is 2.06. The van der Waals surface area contributed by atoms with E-state index in [4.69, 9.17) is 4.74 Å². The molecule has 1 heteroatoms. The van der Waals surface area contributed by atoms with E-state index in [1.165, 1.54) is 6.42 Å². The Morgan fingerprint density at radius 1 is 1.00 bits per heavy atom. The van der Waals surface area contributed by atoms with Crippen molar-refractivity contribution in [2.75, 3.05) is 6.61 Å². The van der Waals surface area contributed by atoms with Crippen molar-refractivity contribution >= 4 is 0 Å². The Bertz CT molecular complexity index is 42.3. The van der Waals surface area contributed by atoms with Gasteiger partial charge in [-0.2, -0.15) is 0 Å². The summed E-state index contributed by atoms with van der Waals surface area (Å²) in [7, 11) is 0. The van der Waals surface area contributed by atoms with Crippen LogP contribution in [0.1, 0.15) is 61.3 Å². The van der Waals surface area contributed by atoms with Crippen molar-refractivity contribution in [3.8, 4) is 0 Å². The van der Waals surface area contributed by atoms with E-state index in [0.717, 1.165) is 13.0 Å². The second-order valence-corrected chi connectivity index (χ2v) is 2.63. The second-order valence-electron chi connectivity index (χ2n) is 2.63. The van der Waals surface area contributed by atoms with Crippen molar-refractivity contribution in [1.29, 1.82) is 0 Å². The van der Waals surface area contributed by atoms with Crippen LogP contribution in [0, 0.1) is 0 Å². The van der Waals surface area contributed by atoms with Crippen LogP contribution >= 0.6 is 0 Å². The maximum Gasteiger partial charge on any atom is 0.0518 e. The molecule has 0 N–H and O–H groups in total. The smallest absolute Gasteiger partial charge is 0.0518 e. The molecule has 1 nitrogen and oxygen atoms in total. The standard InChI is InChI=1S/C6H14O.C3H8.C2H6/c1-4-5-7-6(2)3;1-3-2;1-2/h6H,4-5H2,1-3H3;3H2,1-2H3;1-2H3. The molecule has 0 amide bonds. The first-order valence-corrected chi connectivity index (χ1v) is 5.30. The van der Waals surface area contributed by atoms with Gasteiger partial charge in [0.25, 0.3) is 0 Å². The van der Waals surface area contributed by atoms with Crippen molar-refractivity contribution in [3.63, 3.8) is 0 Å². The highest BCUT2D eigenvalue weighted by atomic mass is 16.5. The second kappa shape index (κ2) is 22.4. The summed E-state index contributed by atoms with van der Waals surface area (Å²) in [6.07, 6.45) is 2.78. The molecule has 0 aliphatic rings. The first kappa shape index (κ1) is 17.9. The summed E-state index contributed by atoms with van der Waals surface area (Å²) in [6.45, 7) is 15.4. The Morgan fingerprint density at radius 3 is 1.42 bits per heavy atom. The largest absolute Gasteiger partial charge is 0.379 e. The van der Waals surface area contributed by atoms with Gasteiger partial charge in [-0.15, -0.1) is 0 Å². The molecule has 0 aromatic heterocycles. The molecule has 78 valence electrons. The fourth-order valence-corrected chi connectivity index (χ4v) is 0.354. The van der Waals surface area contributed by atoms with Gasteiger partial charge in [0.05, 0.1) is 6.10 Å². The van der Waals surface area contributed by atoms with Gasteiger partial charge in [-0.25, -0.2) is 0 Å². The average molecular weight is 176 g/mol. The van der Waals surface area contributed by atoms with Crippen LogP contribution in [0.15, 0.2) is 0 Å². The number of hydrogen-bond acceptors (Lipinski definition) is 1. The van der Waals surface area contributed by atoms with E-state index in [9.17, 15) is 0 Å². The summed E-state index contributed by atoms with van der Waals surface area (Å²) in [6, 6.07) is 0. The molecule has 0 atom stereocenters. The molecule has 0 rings (SSSR count). The molecule has 0 aliphatic heterocycles. The molecule has 0 unspecified atom stereocenters. The lowest BCUT2D eigenvalue weighted by Gasteiger charge is -2.03. The zero-order valence-corrected chi connectivity index (χ0v) is 10.1. The van der Waals surface area contributed by atoms with Gasteiger partial charge < -0.3 is 4.74 Å². The van der Waals surface area contributed by atoms with Crippen molar-refractivity contribution in [2.45, 2.75) is 67.4 Å². The summed E-state index contributed by atoms with van der Waals surface area (Å²) < 4.78 is 5.19. The van der Waals surface area contributed by atoms with Crippen LogP contribution < -0.4 is 0 Å². The minimum Gasteiger partial charge on any atom is -0.379 e. The zero-order chi connectivity index (χ0) is 10.4. The Balaban J connectivity index is -0.000000137. The number of ether oxygens (including phenoxy) is 1. The number of hydrogen-bond donors (Lipinski definition) is 0. The number of rotatable bonds is 3. The van der Waals surface area contributed by atoms with Crippen LogP contribution in [0.3, 0.4) is 0 Å². The third-order valence-electron chi connectivity index (χ3n) is 0.655. The van der Waals surface area contributed by atoms with E-state index in [1.54, 1.807) is 0 Å². The van der Waals surface area contributed by atoms with Crippen LogP contribution in [0.4, 0.5) is 0 Å². The highest BCUT2D eigenvalue weighted by molar-refractivity contribution is 4.33. The first-order valence-electron chi connectivity index (χ1n) is 5.30. The molecule has 0 saturated heterocycles. The quantitative estimate of drug-likeness (QED) is 0.624. The molecule has 0 aromatic carbocycles. The van der Waals surface area contributed by atoms with E-state index in [1.807, 2.05) is 13.8 Å². The normalized spacial score (nSPS) is 8.00. The molecule has 0 spiro atoms. The highest BCUT2D eigenvalue weighted by Crippen LogP contribution is 1.87. The van der Waals surface area contributed by atoms with Gasteiger partial charge >= 0.3 is 0 Å². The summed E-state index contributed by atoms with van der Waals surface area (Å²) in [4.78, 5) is 0. The molecule has 0 aromatic rings. The lowest BCUT2D eigenvalue weighted by atomic mass is 10.4. The molecule has 12 heavy (non-hydrogen) atoms. The van der Waals surface area contributed by atoms with Crippen molar-refractivity contribution in [3.05, 3.63) is 0 Å². The minimum absolute atomic E-state index is 0.403. The monoisotopic (exact) mass is 176 g/mol. The van der Waals surface area contributed by atoms with E-state index in [0.29, 0.717) is 6.10 Å². The molecule has 0 saturated carbocycles. The molecule has 0 heterocycles. The fourth-order valence-electron chi connectivity index (χ4n) is 0.354. The first-order chi connectivity index (χ1) is 5.68. The predicted octanol–water partition coefficient (Wildman–Crippen LogP) is 4.26. The highest BCUT2D eigenvalue weighted by Gasteiger charge is 1.86. The van der Waals surface area contributed by atoms with Gasteiger partial charge in [-0.3, -0.25) is 0 Å². The topological polar surface area (TPSA) is 9.23 Å². The van der Waals surface area contributed by atoms with Crippen molar-refractivity contribution in [1.82, 2.24) is 0 Å². The third-order valence-corrected chi connectivity index (χ3v) is 0.655. The van der Waals surface area contributed by atoms with Crippen LogP contribution in [-0.4, -0.2) is 12.7 Å². The predicted molar refractivity (Wildman–Crippen MR) is 58.7 cm³/mol. The Kier molecular flexibility index (Phi) is 33.5. The summed E-state index contributed by atoms with van der Waals surface area (Å²) in [5.41, 5.74) is 0. The molecular formula is C11H28O. The molecule has 0 bridgehead atoms. The van der Waals surface area contributed by atoms with Gasteiger partial charge in [0.1, 0.15) is 0 Å². The van der Waals surface area contributed by atoms with Gasteiger partial charge in [-0.1, -0.05) is 41.0 Å². The molecule has 0 radical (unpaired) electrons. The van der Waals surface area contributed by atoms with E-state index >= 15 is 0 Å². The minimum atomic E-state index is 0.403. The van der Waals surface area contributed by atoms with E-state index in [-0.39, 0.29) is 0 Å². The van der Waals surface area contributed by atoms with Crippen molar-refractivity contribution in [2.24, 2.45) is 0 Å². The van der Waals surface area contributed by atoms with Crippen LogP contribution in [-0.2, 0) is 4.74 Å². The van der Waals surface area contributed by atoms with E-state index in [2.05, 4.69) is 34.6 Å². The maximum absolute atomic E-state index is 5.19. The van der Waals surface area contributed by atoms with E-state index < -0.39 is 0 Å². The maximum atomic E-state index is 5.19. The lowest BCUT2D eigenvalue weighted by molar-refractivity contribution is 0.0794. The lowest BCUT2D eigenvalue weighted by Crippen LogP contribution is -2.01. The fraction of sp³-hybridized carbons (Fsp3) is 1.00. The van der Waals surface area contributed by atoms with Crippen molar-refractivity contribution < 1.29 is 4.74 Å². The molecular weight excluding hydrogens is 148 g/mol. The third kappa shape index (κ3) is 51.0. The van der Waals surface area contributed by atoms with Gasteiger partial charge in [0, 0.05) is 6.61 Å². The van der Waals surface area contributed by atoms with Crippen LogP contribution in [0.2, 0.25) is 0 Å². The molecule has 0 aliphatic carbocycles. The Morgan fingerprint density at radius 2 is 1.33 bits per heavy atom. The summed E-state index contributed by atoms with van der Waals surface area (Å²) in [5.74, 6) is 0. The van der Waals surface area contributed by atoms with Crippen LogP contribution in [0.5, 0.6) is 0 Å². The Labute approximate surface area is 79.5 Å². The van der Waals surface area contributed by atoms with Gasteiger partial charge in [0.2, 0.25) is 0 Å². The van der Waals surface area contributed by atoms with Crippen LogP contribution in [0.25, 0.3) is 0 Å². The van der Waals surface area contributed by atoms with Gasteiger partial charge in [0.15, 0.2) is 0 Å². The molecule has 0 fully saturated rings. The summed E-state index contributed by atoms with van der Waals surface area (Å²) >= 11 is 0.